The topological polar surface area (TPSA) is 47.3 Å². The van der Waals surface area contributed by atoms with E-state index in [1.807, 2.05) is 11.9 Å². The molecule has 16 heavy (non-hydrogen) atoms. The zero-order chi connectivity index (χ0) is 12.6. The Bertz CT molecular complexity index is 250. The van der Waals surface area contributed by atoms with Gasteiger partial charge in [-0.2, -0.15) is 5.26 Å². The lowest BCUT2D eigenvalue weighted by Gasteiger charge is -2.22. The molecule has 0 saturated carbocycles. The molecule has 0 bridgehead atoms. The second-order valence-corrected chi connectivity index (χ2v) is 5.26. The van der Waals surface area contributed by atoms with Crippen LogP contribution in [-0.4, -0.2) is 36.0 Å². The Labute approximate surface area is 103 Å². The maximum Gasteiger partial charge on any atom is 0.0632 e. The van der Waals surface area contributed by atoms with Gasteiger partial charge in [0, 0.05) is 25.8 Å². The molecule has 3 nitrogen and oxygen atoms in total. The van der Waals surface area contributed by atoms with Crippen molar-refractivity contribution in [3.05, 3.63) is 11.6 Å². The van der Waals surface area contributed by atoms with E-state index < -0.39 is 0 Å². The molecule has 92 valence electrons. The molecule has 0 saturated heterocycles. The average Bonchev–Trinajstić information content (AvgIpc) is 2.25. The molecule has 1 N–H and O–H groups in total. The third-order valence-corrected chi connectivity index (χ3v) is 4.10. The molecule has 0 aromatic rings. The van der Waals surface area contributed by atoms with Crippen LogP contribution in [0, 0.1) is 23.2 Å². The summed E-state index contributed by atoms with van der Waals surface area (Å²) in [4.78, 5) is 1.95. The highest BCUT2D eigenvalue weighted by atomic mass is 32.2. The van der Waals surface area contributed by atoms with Gasteiger partial charge in [-0.1, -0.05) is 20.4 Å². The molecule has 0 spiro atoms. The Hall–Kier alpha value is -0.660. The Kier molecular flexibility index (Phi) is 8.14. The lowest BCUT2D eigenvalue weighted by Crippen LogP contribution is -2.20. The van der Waals surface area contributed by atoms with Gasteiger partial charge in [0.25, 0.3) is 0 Å². The fourth-order valence-electron chi connectivity index (χ4n) is 1.12. The first-order valence-corrected chi connectivity index (χ1v) is 6.52. The number of aliphatic hydroxyl groups is 1. The fourth-order valence-corrected chi connectivity index (χ4v) is 2.22. The van der Waals surface area contributed by atoms with E-state index in [9.17, 15) is 0 Å². The lowest BCUT2D eigenvalue weighted by molar-refractivity contribution is 0.252. The van der Waals surface area contributed by atoms with Crippen molar-refractivity contribution in [2.75, 3.05) is 26.0 Å². The summed E-state index contributed by atoms with van der Waals surface area (Å²) in [7, 11) is 1.93. The van der Waals surface area contributed by atoms with E-state index in [1.165, 1.54) is 0 Å². The van der Waals surface area contributed by atoms with Gasteiger partial charge in [0.15, 0.2) is 0 Å². The van der Waals surface area contributed by atoms with Gasteiger partial charge in [0.05, 0.1) is 17.7 Å². The van der Waals surface area contributed by atoms with Gasteiger partial charge in [0.1, 0.15) is 0 Å². The van der Waals surface area contributed by atoms with E-state index in [4.69, 9.17) is 10.4 Å². The highest BCUT2D eigenvalue weighted by molar-refractivity contribution is 8.02. The molecule has 4 heteroatoms. The lowest BCUT2D eigenvalue weighted by atomic mass is 9.95. The first kappa shape index (κ1) is 15.3. The van der Waals surface area contributed by atoms with Crippen molar-refractivity contribution in [2.24, 2.45) is 11.8 Å². The highest BCUT2D eigenvalue weighted by Gasteiger charge is 2.13. The Balaban J connectivity index is 3.87. The van der Waals surface area contributed by atoms with Crippen LogP contribution >= 0.6 is 11.8 Å². The normalized spacial score (nSPS) is 13.9. The molecule has 1 unspecified atom stereocenters. The molecule has 2 atom stereocenters. The number of rotatable bonds is 8. The molecule has 0 heterocycles. The summed E-state index contributed by atoms with van der Waals surface area (Å²) < 4.78 is 0. The van der Waals surface area contributed by atoms with Crippen LogP contribution in [0.3, 0.4) is 0 Å². The van der Waals surface area contributed by atoms with E-state index in [1.54, 1.807) is 11.8 Å². The first-order chi connectivity index (χ1) is 7.52. The SMILES string of the molecule is C=C(SCC(C)[C@@H](C)CC#N)N(C)CCO. The summed E-state index contributed by atoms with van der Waals surface area (Å²) in [5.41, 5.74) is 0. The van der Waals surface area contributed by atoms with Crippen LogP contribution in [0.15, 0.2) is 11.6 Å². The molecule has 0 fully saturated rings. The van der Waals surface area contributed by atoms with Crippen LogP contribution in [0.4, 0.5) is 0 Å². The summed E-state index contributed by atoms with van der Waals surface area (Å²) in [5.74, 6) is 1.90. The minimum atomic E-state index is 0.149. The Morgan fingerprint density at radius 3 is 2.62 bits per heavy atom. The molecule has 0 aromatic carbocycles. The summed E-state index contributed by atoms with van der Waals surface area (Å²) in [6.07, 6.45) is 0.612. The molecule has 0 aliphatic rings. The van der Waals surface area contributed by atoms with Gasteiger partial charge in [-0.15, -0.1) is 11.8 Å². The zero-order valence-corrected chi connectivity index (χ0v) is 11.3. The van der Waals surface area contributed by atoms with Crippen molar-refractivity contribution in [1.29, 1.82) is 5.26 Å². The quantitative estimate of drug-likeness (QED) is 0.709. The van der Waals surface area contributed by atoms with Crippen molar-refractivity contribution in [3.8, 4) is 6.07 Å². The molecule has 0 rings (SSSR count). The second kappa shape index (κ2) is 8.49. The summed E-state index contributed by atoms with van der Waals surface area (Å²) in [6, 6.07) is 2.20. The number of likely N-dealkylation sites (N-methyl/N-ethyl adjacent to an activating group) is 1. The van der Waals surface area contributed by atoms with Crippen molar-refractivity contribution >= 4 is 11.8 Å². The molecule has 0 aliphatic heterocycles. The van der Waals surface area contributed by atoms with Crippen molar-refractivity contribution < 1.29 is 5.11 Å². The van der Waals surface area contributed by atoms with E-state index >= 15 is 0 Å². The Morgan fingerprint density at radius 2 is 2.12 bits per heavy atom. The number of aliphatic hydroxyl groups excluding tert-OH is 1. The summed E-state index contributed by atoms with van der Waals surface area (Å²) >= 11 is 1.70. The van der Waals surface area contributed by atoms with Crippen LogP contribution in [0.25, 0.3) is 0 Å². The maximum absolute atomic E-state index is 8.79. The average molecular weight is 242 g/mol. The predicted octanol–water partition coefficient (Wildman–Crippen LogP) is 2.30. The molecular formula is C12H22N2OS. The summed E-state index contributed by atoms with van der Waals surface area (Å²) in [6.45, 7) is 9.00. The molecule has 0 radical (unpaired) electrons. The fraction of sp³-hybridized carbons (Fsp3) is 0.750. The Morgan fingerprint density at radius 1 is 1.50 bits per heavy atom. The molecular weight excluding hydrogens is 220 g/mol. The minimum absolute atomic E-state index is 0.149. The minimum Gasteiger partial charge on any atom is -0.395 e. The van der Waals surface area contributed by atoms with Crippen molar-refractivity contribution in [3.63, 3.8) is 0 Å². The third-order valence-electron chi connectivity index (χ3n) is 2.76. The molecule has 0 aromatic heterocycles. The van der Waals surface area contributed by atoms with Gasteiger partial charge in [-0.05, 0) is 11.8 Å². The third kappa shape index (κ3) is 6.04. The van der Waals surface area contributed by atoms with Crippen LogP contribution in [0.5, 0.6) is 0 Å². The maximum atomic E-state index is 8.79. The van der Waals surface area contributed by atoms with Crippen LogP contribution in [0.1, 0.15) is 20.3 Å². The van der Waals surface area contributed by atoms with E-state index in [0.29, 0.717) is 24.8 Å². The predicted molar refractivity (Wildman–Crippen MR) is 69.9 cm³/mol. The number of nitriles is 1. The second-order valence-electron chi connectivity index (χ2n) is 4.17. The van der Waals surface area contributed by atoms with E-state index in [0.717, 1.165) is 10.8 Å². The van der Waals surface area contributed by atoms with Crippen LogP contribution in [-0.2, 0) is 0 Å². The van der Waals surface area contributed by atoms with Crippen molar-refractivity contribution in [1.82, 2.24) is 4.90 Å². The zero-order valence-electron chi connectivity index (χ0n) is 10.4. The van der Waals surface area contributed by atoms with Crippen LogP contribution < -0.4 is 0 Å². The first-order valence-electron chi connectivity index (χ1n) is 5.53. The van der Waals surface area contributed by atoms with Gasteiger partial charge >= 0.3 is 0 Å². The van der Waals surface area contributed by atoms with Crippen LogP contribution in [0.2, 0.25) is 0 Å². The smallest absolute Gasteiger partial charge is 0.0632 e. The van der Waals surface area contributed by atoms with Crippen molar-refractivity contribution in [2.45, 2.75) is 20.3 Å². The van der Waals surface area contributed by atoms with Gasteiger partial charge in [-0.25, -0.2) is 0 Å². The van der Waals surface area contributed by atoms with E-state index in [2.05, 4.69) is 26.5 Å². The molecule has 0 amide bonds. The molecule has 0 aliphatic carbocycles. The standard InChI is InChI=1S/C12H22N2OS/c1-10(5-6-13)11(2)9-16-12(3)14(4)7-8-15/h10-11,15H,3,5,7-9H2,1-2,4H3/t10-,11?/m0/s1. The number of thioether (sulfide) groups is 1. The summed E-state index contributed by atoms with van der Waals surface area (Å²) in [5, 5.41) is 18.4. The van der Waals surface area contributed by atoms with Gasteiger partial charge < -0.3 is 10.0 Å². The number of hydrogen-bond acceptors (Lipinski definition) is 4. The van der Waals surface area contributed by atoms with E-state index in [-0.39, 0.29) is 6.61 Å². The largest absolute Gasteiger partial charge is 0.395 e. The number of hydrogen-bond donors (Lipinski definition) is 1. The monoisotopic (exact) mass is 242 g/mol. The van der Waals surface area contributed by atoms with Gasteiger partial charge in [0.2, 0.25) is 0 Å². The highest BCUT2D eigenvalue weighted by Crippen LogP contribution is 2.24. The van der Waals surface area contributed by atoms with Gasteiger partial charge in [-0.3, -0.25) is 0 Å². The number of nitrogens with zero attached hydrogens (tertiary/aromatic N) is 2.